The van der Waals surface area contributed by atoms with E-state index in [1.165, 1.54) is 0 Å². The lowest BCUT2D eigenvalue weighted by atomic mass is 10.2. The summed E-state index contributed by atoms with van der Waals surface area (Å²) in [6.07, 6.45) is 0.758. The molecule has 0 atom stereocenters. The molecule has 0 spiro atoms. The molecule has 0 unspecified atom stereocenters. The van der Waals surface area contributed by atoms with E-state index in [-0.39, 0.29) is 5.91 Å². The molecule has 0 aliphatic carbocycles. The number of hydrogen-bond donors (Lipinski definition) is 2. The Balaban J connectivity index is 1.97. The molecule has 0 radical (unpaired) electrons. The number of nitrogens with zero attached hydrogens (tertiary/aromatic N) is 2. The smallest absolute Gasteiger partial charge is 0.270 e. The Morgan fingerprint density at radius 2 is 2.00 bits per heavy atom. The zero-order valence-corrected chi connectivity index (χ0v) is 14.6. The molecule has 1 aromatic heterocycles. The summed E-state index contributed by atoms with van der Waals surface area (Å²) < 4.78 is 4.95. The maximum atomic E-state index is 12.1. The first-order valence-corrected chi connectivity index (χ1v) is 8.07. The highest BCUT2D eigenvalue weighted by molar-refractivity contribution is 6.30. The van der Waals surface area contributed by atoms with Crippen LogP contribution in [0, 0.1) is 6.92 Å². The third-order valence-electron chi connectivity index (χ3n) is 3.26. The van der Waals surface area contributed by atoms with Crippen molar-refractivity contribution >= 4 is 23.5 Å². The Kier molecular flexibility index (Phi) is 6.96. The van der Waals surface area contributed by atoms with Crippen molar-refractivity contribution in [2.75, 3.05) is 25.6 Å². The van der Waals surface area contributed by atoms with Gasteiger partial charge in [0.05, 0.1) is 0 Å². The molecule has 128 valence electrons. The van der Waals surface area contributed by atoms with Crippen LogP contribution < -0.4 is 10.6 Å². The molecule has 6 nitrogen and oxygen atoms in total. The van der Waals surface area contributed by atoms with Crippen molar-refractivity contribution in [2.45, 2.75) is 19.9 Å². The Labute approximate surface area is 146 Å². The van der Waals surface area contributed by atoms with Crippen molar-refractivity contribution in [3.05, 3.63) is 52.3 Å². The molecule has 1 amide bonds. The second-order valence-electron chi connectivity index (χ2n) is 5.30. The summed E-state index contributed by atoms with van der Waals surface area (Å²) in [4.78, 5) is 20.7. The van der Waals surface area contributed by atoms with Crippen molar-refractivity contribution < 1.29 is 9.53 Å². The van der Waals surface area contributed by atoms with Crippen molar-refractivity contribution in [1.29, 1.82) is 0 Å². The van der Waals surface area contributed by atoms with E-state index in [1.54, 1.807) is 13.2 Å². The van der Waals surface area contributed by atoms with Gasteiger partial charge in [0, 0.05) is 37.5 Å². The van der Waals surface area contributed by atoms with Crippen LogP contribution in [0.4, 0.5) is 5.95 Å². The minimum atomic E-state index is -0.217. The molecule has 0 bridgehead atoms. The molecule has 2 N–H and O–H groups in total. The number of ether oxygens (including phenoxy) is 1. The van der Waals surface area contributed by atoms with Gasteiger partial charge in [-0.15, -0.1) is 0 Å². The molecular formula is C17H21ClN4O2. The second-order valence-corrected chi connectivity index (χ2v) is 5.74. The number of carbonyl (C=O) groups excluding carboxylic acids is 1. The lowest BCUT2D eigenvalue weighted by molar-refractivity contribution is 0.0943. The fraction of sp³-hybridized carbons (Fsp3) is 0.353. The number of methoxy groups -OCH3 is 1. The fourth-order valence-corrected chi connectivity index (χ4v) is 2.18. The zero-order valence-electron chi connectivity index (χ0n) is 13.8. The Bertz CT molecular complexity index is 677. The number of aryl methyl sites for hydroxylation is 1. The molecule has 2 aromatic rings. The van der Waals surface area contributed by atoms with Crippen LogP contribution in [0.15, 0.2) is 30.3 Å². The number of amides is 1. The number of nitrogens with one attached hydrogen (secondary N) is 2. The van der Waals surface area contributed by atoms with E-state index in [2.05, 4.69) is 20.6 Å². The first kappa shape index (κ1) is 18.2. The molecule has 0 aliphatic rings. The predicted octanol–water partition coefficient (Wildman–Crippen LogP) is 2.82. The number of carbonyl (C=O) groups is 1. The van der Waals surface area contributed by atoms with Gasteiger partial charge in [-0.1, -0.05) is 23.7 Å². The molecule has 0 saturated carbocycles. The molecule has 0 saturated heterocycles. The number of rotatable bonds is 8. The molecule has 24 heavy (non-hydrogen) atoms. The van der Waals surface area contributed by atoms with E-state index < -0.39 is 0 Å². The van der Waals surface area contributed by atoms with Gasteiger partial charge in [0.15, 0.2) is 0 Å². The largest absolute Gasteiger partial charge is 0.385 e. The zero-order chi connectivity index (χ0) is 17.4. The molecule has 1 aromatic carbocycles. The highest BCUT2D eigenvalue weighted by Crippen LogP contribution is 2.11. The summed E-state index contributed by atoms with van der Waals surface area (Å²) in [6, 6.07) is 9.17. The molecule has 2 rings (SSSR count). The monoisotopic (exact) mass is 348 g/mol. The van der Waals surface area contributed by atoms with Gasteiger partial charge in [-0.2, -0.15) is 0 Å². The molecule has 0 fully saturated rings. The van der Waals surface area contributed by atoms with E-state index in [4.69, 9.17) is 16.3 Å². The predicted molar refractivity (Wildman–Crippen MR) is 94.4 cm³/mol. The van der Waals surface area contributed by atoms with Crippen LogP contribution in [0.3, 0.4) is 0 Å². The van der Waals surface area contributed by atoms with Gasteiger partial charge in [0.2, 0.25) is 5.95 Å². The van der Waals surface area contributed by atoms with Crippen molar-refractivity contribution in [3.63, 3.8) is 0 Å². The molecular weight excluding hydrogens is 328 g/mol. The lowest BCUT2D eigenvalue weighted by Crippen LogP contribution is -2.26. The Morgan fingerprint density at radius 3 is 2.71 bits per heavy atom. The van der Waals surface area contributed by atoms with Gasteiger partial charge in [-0.25, -0.2) is 9.97 Å². The first-order valence-electron chi connectivity index (χ1n) is 7.69. The average Bonchev–Trinajstić information content (AvgIpc) is 2.57. The van der Waals surface area contributed by atoms with E-state index in [1.807, 2.05) is 31.2 Å². The number of anilines is 1. The molecule has 0 aliphatic heterocycles. The SMILES string of the molecule is COCCCNC(=O)c1cc(C)nc(NCc2ccc(Cl)cc2)n1. The highest BCUT2D eigenvalue weighted by Gasteiger charge is 2.10. The minimum Gasteiger partial charge on any atom is -0.385 e. The summed E-state index contributed by atoms with van der Waals surface area (Å²) in [6.45, 7) is 3.53. The van der Waals surface area contributed by atoms with Crippen LogP contribution in [0.2, 0.25) is 5.02 Å². The van der Waals surface area contributed by atoms with Crippen molar-refractivity contribution in [3.8, 4) is 0 Å². The van der Waals surface area contributed by atoms with Crippen LogP contribution in [0.25, 0.3) is 0 Å². The third-order valence-corrected chi connectivity index (χ3v) is 3.51. The summed E-state index contributed by atoms with van der Waals surface area (Å²) in [7, 11) is 1.63. The van der Waals surface area contributed by atoms with Gasteiger partial charge < -0.3 is 15.4 Å². The summed E-state index contributed by atoms with van der Waals surface area (Å²) in [5, 5.41) is 6.64. The van der Waals surface area contributed by atoms with E-state index >= 15 is 0 Å². The summed E-state index contributed by atoms with van der Waals surface area (Å²) in [5.74, 6) is 0.207. The standard InChI is InChI=1S/C17H21ClN4O2/c1-12-10-15(16(23)19-8-3-9-24-2)22-17(21-12)20-11-13-4-6-14(18)7-5-13/h4-7,10H,3,8-9,11H2,1-2H3,(H,19,23)(H,20,21,22). The van der Waals surface area contributed by atoms with E-state index in [0.29, 0.717) is 36.4 Å². The van der Waals surface area contributed by atoms with Crippen LogP contribution in [0.5, 0.6) is 0 Å². The fourth-order valence-electron chi connectivity index (χ4n) is 2.06. The van der Waals surface area contributed by atoms with Crippen LogP contribution >= 0.6 is 11.6 Å². The summed E-state index contributed by atoms with van der Waals surface area (Å²) >= 11 is 5.87. The van der Waals surface area contributed by atoms with Gasteiger partial charge in [-0.05, 0) is 37.1 Å². The first-order chi connectivity index (χ1) is 11.6. The average molecular weight is 349 g/mol. The van der Waals surface area contributed by atoms with Crippen LogP contribution in [0.1, 0.15) is 28.2 Å². The van der Waals surface area contributed by atoms with Gasteiger partial charge in [-0.3, -0.25) is 4.79 Å². The summed E-state index contributed by atoms with van der Waals surface area (Å²) in [5.41, 5.74) is 2.12. The Hall–Kier alpha value is -2.18. The maximum Gasteiger partial charge on any atom is 0.270 e. The van der Waals surface area contributed by atoms with E-state index in [9.17, 15) is 4.79 Å². The molecule has 7 heteroatoms. The normalized spacial score (nSPS) is 10.5. The van der Waals surface area contributed by atoms with Crippen molar-refractivity contribution in [2.24, 2.45) is 0 Å². The van der Waals surface area contributed by atoms with Crippen molar-refractivity contribution in [1.82, 2.24) is 15.3 Å². The number of halogens is 1. The second kappa shape index (κ2) is 9.20. The molecule has 1 heterocycles. The highest BCUT2D eigenvalue weighted by atomic mass is 35.5. The number of hydrogen-bond acceptors (Lipinski definition) is 5. The lowest BCUT2D eigenvalue weighted by Gasteiger charge is -2.09. The maximum absolute atomic E-state index is 12.1. The van der Waals surface area contributed by atoms with Gasteiger partial charge >= 0.3 is 0 Å². The van der Waals surface area contributed by atoms with Crippen LogP contribution in [-0.4, -0.2) is 36.1 Å². The quantitative estimate of drug-likeness (QED) is 0.717. The van der Waals surface area contributed by atoms with Gasteiger partial charge in [0.1, 0.15) is 5.69 Å². The van der Waals surface area contributed by atoms with E-state index in [0.717, 1.165) is 17.7 Å². The number of benzene rings is 1. The topological polar surface area (TPSA) is 76.1 Å². The third kappa shape index (κ3) is 5.79. The van der Waals surface area contributed by atoms with Gasteiger partial charge in [0.25, 0.3) is 5.91 Å². The van der Waals surface area contributed by atoms with Crippen LogP contribution in [-0.2, 0) is 11.3 Å². The Morgan fingerprint density at radius 1 is 1.25 bits per heavy atom. The minimum absolute atomic E-state index is 0.217. The number of aromatic nitrogens is 2.